The van der Waals surface area contributed by atoms with Gasteiger partial charge in [-0.3, -0.25) is 0 Å². The number of imidazole rings is 1. The molecule has 5 heteroatoms. The fourth-order valence-corrected chi connectivity index (χ4v) is 5.04. The summed E-state index contributed by atoms with van der Waals surface area (Å²) in [5.41, 5.74) is 3.59. The van der Waals surface area contributed by atoms with E-state index < -0.39 is 11.6 Å². The number of aromatic nitrogens is 2. The Hall–Kier alpha value is -3.37. The van der Waals surface area contributed by atoms with E-state index in [0.29, 0.717) is 21.3 Å². The number of benzene rings is 4. The first-order valence-corrected chi connectivity index (χ1v) is 11.7. The molecule has 1 atom stereocenters. The molecule has 5 rings (SSSR count). The van der Waals surface area contributed by atoms with E-state index in [1.807, 2.05) is 60.8 Å². The maximum Gasteiger partial charge on any atom is 0.124 e. The van der Waals surface area contributed by atoms with Gasteiger partial charge in [0.2, 0.25) is 0 Å². The zero-order valence-electron chi connectivity index (χ0n) is 18.2. The average Bonchev–Trinajstić information content (AvgIpc) is 3.37. The number of rotatable bonds is 6. The fourth-order valence-electron chi connectivity index (χ4n) is 4.53. The van der Waals surface area contributed by atoms with Crippen LogP contribution in [0.5, 0.6) is 0 Å². The van der Waals surface area contributed by atoms with E-state index >= 15 is 0 Å². The first kappa shape index (κ1) is 22.4. The van der Waals surface area contributed by atoms with Gasteiger partial charge in [-0.05, 0) is 28.8 Å². The maximum atomic E-state index is 11.2. The van der Waals surface area contributed by atoms with E-state index in [9.17, 15) is 5.11 Å². The second-order valence-electron chi connectivity index (χ2n) is 8.08. The van der Waals surface area contributed by atoms with E-state index in [1.165, 1.54) is 0 Å². The van der Waals surface area contributed by atoms with Crippen LogP contribution in [0.1, 0.15) is 34.1 Å². The lowest BCUT2D eigenvalue weighted by molar-refractivity contribution is 0.215. The molecule has 0 saturated heterocycles. The second-order valence-corrected chi connectivity index (χ2v) is 8.93. The Labute approximate surface area is 208 Å². The lowest BCUT2D eigenvalue weighted by Gasteiger charge is -2.37. The average molecular weight is 485 g/mol. The molecule has 0 spiro atoms. The van der Waals surface area contributed by atoms with Gasteiger partial charge in [-0.1, -0.05) is 120 Å². The largest absolute Gasteiger partial charge is 0.382 e. The van der Waals surface area contributed by atoms with E-state index in [-0.39, 0.29) is 0 Å². The van der Waals surface area contributed by atoms with Gasteiger partial charge in [0.1, 0.15) is 11.6 Å². The van der Waals surface area contributed by atoms with Gasteiger partial charge in [-0.25, -0.2) is 4.98 Å². The number of hydrogen-bond donors (Lipinski definition) is 1. The van der Waals surface area contributed by atoms with Gasteiger partial charge in [-0.15, -0.1) is 0 Å². The van der Waals surface area contributed by atoms with Gasteiger partial charge >= 0.3 is 0 Å². The van der Waals surface area contributed by atoms with Crippen LogP contribution in [0.3, 0.4) is 0 Å². The molecule has 0 bridgehead atoms. The highest BCUT2D eigenvalue weighted by Gasteiger charge is 2.38. The van der Waals surface area contributed by atoms with Gasteiger partial charge in [0.05, 0.1) is 12.0 Å². The fraction of sp³-hybridized carbons (Fsp3) is 0.0690. The summed E-state index contributed by atoms with van der Waals surface area (Å²) in [6.07, 6.45) is 2.67. The van der Waals surface area contributed by atoms with E-state index in [0.717, 1.165) is 16.7 Å². The Kier molecular flexibility index (Phi) is 6.25. The molecule has 1 N–H and O–H groups in total. The number of hydrogen-bond acceptors (Lipinski definition) is 2. The zero-order chi connectivity index (χ0) is 23.5. The minimum absolute atomic E-state index is 0.398. The van der Waals surface area contributed by atoms with Crippen LogP contribution >= 0.6 is 23.2 Å². The summed E-state index contributed by atoms with van der Waals surface area (Å²) in [5, 5.41) is 12.1. The lowest BCUT2D eigenvalue weighted by atomic mass is 9.77. The Balaban J connectivity index is 1.73. The summed E-state index contributed by atoms with van der Waals surface area (Å²) in [7, 11) is 0. The predicted octanol–water partition coefficient (Wildman–Crippen LogP) is 7.11. The van der Waals surface area contributed by atoms with Crippen LogP contribution in [-0.4, -0.2) is 14.7 Å². The van der Waals surface area contributed by atoms with Crippen LogP contribution in [0.4, 0.5) is 0 Å². The smallest absolute Gasteiger partial charge is 0.124 e. The maximum absolute atomic E-state index is 11.2. The lowest BCUT2D eigenvalue weighted by Crippen LogP contribution is -2.37. The topological polar surface area (TPSA) is 38.0 Å². The number of aliphatic hydroxyl groups is 1. The van der Waals surface area contributed by atoms with Crippen LogP contribution in [-0.2, 0) is 5.54 Å². The molecule has 1 aromatic heterocycles. The van der Waals surface area contributed by atoms with Crippen molar-refractivity contribution < 1.29 is 5.11 Å². The number of aliphatic hydroxyl groups excluding tert-OH is 1. The van der Waals surface area contributed by atoms with Gasteiger partial charge in [0.15, 0.2) is 0 Å². The van der Waals surface area contributed by atoms with Crippen molar-refractivity contribution in [1.82, 2.24) is 9.55 Å². The highest BCUT2D eigenvalue weighted by Crippen LogP contribution is 2.41. The summed E-state index contributed by atoms with van der Waals surface area (Å²) in [4.78, 5) is 4.62. The van der Waals surface area contributed by atoms with Crippen LogP contribution in [0.25, 0.3) is 0 Å². The molecule has 3 nitrogen and oxygen atoms in total. The van der Waals surface area contributed by atoms with Crippen LogP contribution < -0.4 is 0 Å². The standard InChI is InChI=1S/C29H22Cl2N2O/c30-24-16-17-25(26(31)18-24)28(34)27-19-33(20-32-27)29(21-10-4-1-5-11-21,22-12-6-2-7-13-22)23-14-8-3-9-15-23/h1-20,28,34H/t28-/m1/s1. The third-order valence-electron chi connectivity index (χ3n) is 6.10. The predicted molar refractivity (Wildman–Crippen MR) is 137 cm³/mol. The van der Waals surface area contributed by atoms with Gasteiger partial charge in [0.25, 0.3) is 0 Å². The van der Waals surface area contributed by atoms with Crippen molar-refractivity contribution in [2.45, 2.75) is 11.6 Å². The Morgan fingerprint density at radius 3 is 1.68 bits per heavy atom. The van der Waals surface area contributed by atoms with Crippen molar-refractivity contribution in [2.75, 3.05) is 0 Å². The quantitative estimate of drug-likeness (QED) is 0.260. The molecule has 1 heterocycles. The SMILES string of the molecule is O[C@@H](c1cn(C(c2ccccc2)(c2ccccc2)c2ccccc2)cn1)c1ccc(Cl)cc1Cl. The van der Waals surface area contributed by atoms with Crippen molar-refractivity contribution in [3.05, 3.63) is 160 Å². The third kappa shape index (κ3) is 3.92. The molecule has 0 amide bonds. The summed E-state index contributed by atoms with van der Waals surface area (Å²) >= 11 is 12.4. The second kappa shape index (κ2) is 9.47. The molecular formula is C29H22Cl2N2O. The molecule has 168 valence electrons. The molecule has 5 aromatic rings. The number of halogens is 2. The summed E-state index contributed by atoms with van der Waals surface area (Å²) < 4.78 is 2.06. The highest BCUT2D eigenvalue weighted by atomic mass is 35.5. The first-order valence-electron chi connectivity index (χ1n) is 10.9. The first-order chi connectivity index (χ1) is 16.6. The van der Waals surface area contributed by atoms with Gasteiger partial charge in [0, 0.05) is 21.8 Å². The van der Waals surface area contributed by atoms with Crippen molar-refractivity contribution in [3.63, 3.8) is 0 Å². The normalized spacial score (nSPS) is 12.4. The van der Waals surface area contributed by atoms with Gasteiger partial charge < -0.3 is 9.67 Å². The molecule has 0 aliphatic rings. The van der Waals surface area contributed by atoms with Crippen molar-refractivity contribution in [1.29, 1.82) is 0 Å². The van der Waals surface area contributed by atoms with Crippen LogP contribution in [0.2, 0.25) is 10.0 Å². The number of nitrogens with zero attached hydrogens (tertiary/aromatic N) is 2. The molecule has 0 fully saturated rings. The molecule has 0 radical (unpaired) electrons. The highest BCUT2D eigenvalue weighted by molar-refractivity contribution is 6.35. The summed E-state index contributed by atoms with van der Waals surface area (Å²) in [6, 6.07) is 36.0. The molecular weight excluding hydrogens is 463 g/mol. The minimum Gasteiger partial charge on any atom is -0.382 e. The van der Waals surface area contributed by atoms with E-state index in [1.54, 1.807) is 24.5 Å². The van der Waals surface area contributed by atoms with E-state index in [2.05, 4.69) is 45.9 Å². The minimum atomic E-state index is -0.994. The third-order valence-corrected chi connectivity index (χ3v) is 6.66. The monoisotopic (exact) mass is 484 g/mol. The Bertz CT molecular complexity index is 1290. The summed E-state index contributed by atoms with van der Waals surface area (Å²) in [6.45, 7) is 0. The molecule has 0 saturated carbocycles. The van der Waals surface area contributed by atoms with Crippen molar-refractivity contribution >= 4 is 23.2 Å². The summed E-state index contributed by atoms with van der Waals surface area (Å²) in [5.74, 6) is 0. The molecule has 0 aliphatic heterocycles. The van der Waals surface area contributed by atoms with E-state index in [4.69, 9.17) is 23.2 Å². The zero-order valence-corrected chi connectivity index (χ0v) is 19.7. The van der Waals surface area contributed by atoms with Crippen molar-refractivity contribution in [3.8, 4) is 0 Å². The molecule has 34 heavy (non-hydrogen) atoms. The molecule has 0 aliphatic carbocycles. The Morgan fingerprint density at radius 1 is 0.706 bits per heavy atom. The van der Waals surface area contributed by atoms with Gasteiger partial charge in [-0.2, -0.15) is 0 Å². The van der Waals surface area contributed by atoms with Crippen LogP contribution in [0, 0.1) is 0 Å². The molecule has 4 aromatic carbocycles. The van der Waals surface area contributed by atoms with Crippen LogP contribution in [0.15, 0.2) is 122 Å². The molecule has 0 unspecified atom stereocenters. The Morgan fingerprint density at radius 2 is 1.21 bits per heavy atom. The van der Waals surface area contributed by atoms with Crippen molar-refractivity contribution in [2.24, 2.45) is 0 Å².